The van der Waals surface area contributed by atoms with Crippen molar-refractivity contribution in [3.63, 3.8) is 0 Å². The lowest BCUT2D eigenvalue weighted by Crippen LogP contribution is -2.35. The Labute approximate surface area is 105 Å². The van der Waals surface area contributed by atoms with Crippen LogP contribution in [0.2, 0.25) is 0 Å². The predicted octanol–water partition coefficient (Wildman–Crippen LogP) is 2.99. The number of hydrogen-bond acceptors (Lipinski definition) is 5. The zero-order valence-corrected chi connectivity index (χ0v) is 11.4. The van der Waals surface area contributed by atoms with Gasteiger partial charge in [-0.25, -0.2) is 0 Å². The van der Waals surface area contributed by atoms with E-state index in [1.807, 2.05) is 12.3 Å². The Bertz CT molecular complexity index is 496. The third-order valence-electron chi connectivity index (χ3n) is 2.29. The fourth-order valence-corrected chi connectivity index (χ4v) is 2.19. The van der Waals surface area contributed by atoms with Crippen molar-refractivity contribution in [2.24, 2.45) is 0 Å². The first-order valence-electron chi connectivity index (χ1n) is 5.57. The van der Waals surface area contributed by atoms with E-state index in [2.05, 4.69) is 42.4 Å². The number of nitrogens with zero attached hydrogens (tertiary/aromatic N) is 2. The maximum atomic E-state index is 5.63. The summed E-state index contributed by atoms with van der Waals surface area (Å²) < 4.78 is 5.63. The van der Waals surface area contributed by atoms with Crippen LogP contribution in [0.4, 0.5) is 0 Å². The lowest BCUT2D eigenvalue weighted by molar-refractivity contribution is 0.384. The zero-order chi connectivity index (χ0) is 12.5. The summed E-state index contributed by atoms with van der Waals surface area (Å²) in [5.41, 5.74) is 1.22. The number of nitrogens with one attached hydrogen (secondary N) is 1. The summed E-state index contributed by atoms with van der Waals surface area (Å²) in [6.07, 6.45) is 0. The fraction of sp³-hybridized carbons (Fsp3) is 0.500. The topological polar surface area (TPSA) is 51.0 Å². The molecule has 17 heavy (non-hydrogen) atoms. The summed E-state index contributed by atoms with van der Waals surface area (Å²) in [5, 5.41) is 13.5. The average Bonchev–Trinajstić information content (AvgIpc) is 2.81. The molecule has 0 radical (unpaired) electrons. The monoisotopic (exact) mass is 251 g/mol. The van der Waals surface area contributed by atoms with Gasteiger partial charge in [-0.2, -0.15) is 0 Å². The minimum Gasteiger partial charge on any atom is -0.419 e. The minimum absolute atomic E-state index is 0.0491. The summed E-state index contributed by atoms with van der Waals surface area (Å²) in [7, 11) is 0. The second kappa shape index (κ2) is 4.58. The molecule has 0 aliphatic rings. The largest absolute Gasteiger partial charge is 0.419 e. The summed E-state index contributed by atoms with van der Waals surface area (Å²) in [5.74, 6) is 1.24. The first-order valence-corrected chi connectivity index (χ1v) is 6.45. The normalized spacial score (nSPS) is 12.0. The molecule has 0 aromatic carbocycles. The van der Waals surface area contributed by atoms with Gasteiger partial charge in [0.25, 0.3) is 5.89 Å². The van der Waals surface area contributed by atoms with Gasteiger partial charge in [0.05, 0.1) is 11.4 Å². The van der Waals surface area contributed by atoms with Crippen LogP contribution in [-0.4, -0.2) is 15.7 Å². The van der Waals surface area contributed by atoms with E-state index in [0.29, 0.717) is 18.3 Å². The van der Waals surface area contributed by atoms with E-state index in [1.165, 1.54) is 5.56 Å². The van der Waals surface area contributed by atoms with E-state index in [1.54, 1.807) is 11.3 Å². The number of rotatable bonds is 3. The highest BCUT2D eigenvalue weighted by Crippen LogP contribution is 2.27. The molecule has 2 rings (SSSR count). The Kier molecular flexibility index (Phi) is 3.31. The molecule has 5 heteroatoms. The van der Waals surface area contributed by atoms with E-state index in [-0.39, 0.29) is 5.54 Å². The van der Waals surface area contributed by atoms with Crippen molar-refractivity contribution in [2.45, 2.75) is 39.8 Å². The molecule has 0 bridgehead atoms. The van der Waals surface area contributed by atoms with Crippen LogP contribution in [0.15, 0.2) is 15.9 Å². The summed E-state index contributed by atoms with van der Waals surface area (Å²) >= 11 is 1.62. The van der Waals surface area contributed by atoms with Crippen LogP contribution in [0.5, 0.6) is 0 Å². The van der Waals surface area contributed by atoms with E-state index in [9.17, 15) is 0 Å². The molecule has 0 aliphatic carbocycles. The molecule has 0 aliphatic heterocycles. The summed E-state index contributed by atoms with van der Waals surface area (Å²) in [4.78, 5) is 1.06. The van der Waals surface area contributed by atoms with Crippen molar-refractivity contribution < 1.29 is 4.42 Å². The number of aromatic nitrogens is 2. The molecule has 2 aromatic rings. The molecule has 92 valence electrons. The van der Waals surface area contributed by atoms with Gasteiger partial charge in [0.15, 0.2) is 0 Å². The molecular formula is C12H17N3OS. The molecule has 0 atom stereocenters. The van der Waals surface area contributed by atoms with Gasteiger partial charge in [-0.3, -0.25) is 0 Å². The fourth-order valence-electron chi connectivity index (χ4n) is 1.35. The Morgan fingerprint density at radius 3 is 2.71 bits per heavy atom. The quantitative estimate of drug-likeness (QED) is 0.911. The van der Waals surface area contributed by atoms with Crippen molar-refractivity contribution in [3.05, 3.63) is 22.9 Å². The van der Waals surface area contributed by atoms with Gasteiger partial charge in [-0.05, 0) is 44.7 Å². The van der Waals surface area contributed by atoms with E-state index >= 15 is 0 Å². The lowest BCUT2D eigenvalue weighted by Gasteiger charge is -2.18. The lowest BCUT2D eigenvalue weighted by atomic mass is 10.1. The molecule has 0 saturated carbocycles. The predicted molar refractivity (Wildman–Crippen MR) is 68.9 cm³/mol. The standard InChI is InChI=1S/C12H17N3OS/c1-8-5-6-17-10(8)11-15-14-9(16-11)7-13-12(2,3)4/h5-6,13H,7H2,1-4H3. The minimum atomic E-state index is 0.0491. The van der Waals surface area contributed by atoms with Crippen LogP contribution in [0.1, 0.15) is 32.2 Å². The first kappa shape index (κ1) is 12.3. The van der Waals surface area contributed by atoms with Gasteiger partial charge in [-0.1, -0.05) is 0 Å². The van der Waals surface area contributed by atoms with Gasteiger partial charge in [0.2, 0.25) is 5.89 Å². The van der Waals surface area contributed by atoms with Crippen LogP contribution >= 0.6 is 11.3 Å². The average molecular weight is 251 g/mol. The maximum absolute atomic E-state index is 5.63. The highest BCUT2D eigenvalue weighted by Gasteiger charge is 2.14. The number of aryl methyl sites for hydroxylation is 1. The highest BCUT2D eigenvalue weighted by atomic mass is 32.1. The van der Waals surface area contributed by atoms with Crippen molar-refractivity contribution in [1.82, 2.24) is 15.5 Å². The second-order valence-electron chi connectivity index (χ2n) is 5.04. The van der Waals surface area contributed by atoms with Crippen LogP contribution < -0.4 is 5.32 Å². The van der Waals surface area contributed by atoms with Crippen LogP contribution in [-0.2, 0) is 6.54 Å². The molecule has 1 N–H and O–H groups in total. The number of hydrogen-bond donors (Lipinski definition) is 1. The summed E-state index contributed by atoms with van der Waals surface area (Å²) in [6, 6.07) is 2.05. The Balaban J connectivity index is 2.09. The molecule has 0 saturated heterocycles. The van der Waals surface area contributed by atoms with Crippen LogP contribution in [0.3, 0.4) is 0 Å². The Hall–Kier alpha value is -1.20. The van der Waals surface area contributed by atoms with Crippen molar-refractivity contribution in [3.8, 4) is 10.8 Å². The SMILES string of the molecule is Cc1ccsc1-c1nnc(CNC(C)(C)C)o1. The van der Waals surface area contributed by atoms with Crippen molar-refractivity contribution >= 4 is 11.3 Å². The first-order chi connectivity index (χ1) is 7.96. The molecule has 0 fully saturated rings. The molecule has 0 unspecified atom stereocenters. The smallest absolute Gasteiger partial charge is 0.258 e. The van der Waals surface area contributed by atoms with Gasteiger partial charge >= 0.3 is 0 Å². The van der Waals surface area contributed by atoms with E-state index < -0.39 is 0 Å². The van der Waals surface area contributed by atoms with Crippen LogP contribution in [0.25, 0.3) is 10.8 Å². The molecule has 0 amide bonds. The molecule has 2 aromatic heterocycles. The van der Waals surface area contributed by atoms with Gasteiger partial charge in [0, 0.05) is 5.54 Å². The third-order valence-corrected chi connectivity index (χ3v) is 3.30. The highest BCUT2D eigenvalue weighted by molar-refractivity contribution is 7.13. The van der Waals surface area contributed by atoms with E-state index in [4.69, 9.17) is 4.42 Å². The van der Waals surface area contributed by atoms with Crippen molar-refractivity contribution in [2.75, 3.05) is 0 Å². The zero-order valence-electron chi connectivity index (χ0n) is 10.6. The molecule has 0 spiro atoms. The Morgan fingerprint density at radius 2 is 2.12 bits per heavy atom. The van der Waals surface area contributed by atoms with Crippen molar-refractivity contribution in [1.29, 1.82) is 0 Å². The van der Waals surface area contributed by atoms with Gasteiger partial charge in [-0.15, -0.1) is 21.5 Å². The maximum Gasteiger partial charge on any atom is 0.258 e. The van der Waals surface area contributed by atoms with Crippen LogP contribution in [0, 0.1) is 6.92 Å². The Morgan fingerprint density at radius 1 is 1.35 bits per heavy atom. The van der Waals surface area contributed by atoms with E-state index in [0.717, 1.165) is 4.88 Å². The molecule has 4 nitrogen and oxygen atoms in total. The second-order valence-corrected chi connectivity index (χ2v) is 5.95. The number of thiophene rings is 1. The third kappa shape index (κ3) is 3.14. The summed E-state index contributed by atoms with van der Waals surface area (Å²) in [6.45, 7) is 8.96. The molecular weight excluding hydrogens is 234 g/mol. The van der Waals surface area contributed by atoms with Gasteiger partial charge < -0.3 is 9.73 Å². The molecule has 2 heterocycles. The van der Waals surface area contributed by atoms with Gasteiger partial charge in [0.1, 0.15) is 0 Å².